The summed E-state index contributed by atoms with van der Waals surface area (Å²) in [6, 6.07) is 6.43. The molecule has 0 aliphatic carbocycles. The molecule has 4 nitrogen and oxygen atoms in total. The van der Waals surface area contributed by atoms with Gasteiger partial charge in [-0.25, -0.2) is 8.99 Å². The molecule has 0 saturated carbocycles. The highest BCUT2D eigenvalue weighted by Gasteiger charge is 2.28. The second-order valence-corrected chi connectivity index (χ2v) is 4.24. The van der Waals surface area contributed by atoms with Gasteiger partial charge in [-0.05, 0) is 12.1 Å². The van der Waals surface area contributed by atoms with Gasteiger partial charge in [-0.2, -0.15) is 0 Å². The highest BCUT2D eigenvalue weighted by Crippen LogP contribution is 2.21. The van der Waals surface area contributed by atoms with Crippen LogP contribution in [0, 0.1) is 4.78 Å². The Bertz CT molecular complexity index is 450. The summed E-state index contributed by atoms with van der Waals surface area (Å²) in [5.41, 5.74) is 0.345. The molecule has 1 unspecified atom stereocenters. The molecule has 0 spiro atoms. The van der Waals surface area contributed by atoms with Crippen LogP contribution in [0.1, 0.15) is 10.4 Å². The summed E-state index contributed by atoms with van der Waals surface area (Å²) in [6.07, 6.45) is 0. The van der Waals surface area contributed by atoms with Crippen LogP contribution in [0.15, 0.2) is 29.2 Å². The lowest BCUT2D eigenvalue weighted by atomic mass is 10.2. The average molecular weight is 182 g/mol. The van der Waals surface area contributed by atoms with Gasteiger partial charge in [-0.3, -0.25) is 9.52 Å². The fourth-order valence-corrected chi connectivity index (χ4v) is 2.37. The van der Waals surface area contributed by atoms with Crippen LogP contribution in [0.5, 0.6) is 0 Å². The molecule has 12 heavy (non-hydrogen) atoms. The average Bonchev–Trinajstić information content (AvgIpc) is 2.25. The fraction of sp³-hybridized carbons (Fsp3) is 0. The first-order valence-corrected chi connectivity index (χ1v) is 4.87. The number of hydrogen-bond acceptors (Lipinski definition) is 3. The topological polar surface area (TPSA) is 70.0 Å². The lowest BCUT2D eigenvalue weighted by Crippen LogP contribution is -2.19. The molecule has 0 fully saturated rings. The number of carbonyl (C=O) groups is 1. The molecule has 0 bridgehead atoms. The van der Waals surface area contributed by atoms with E-state index in [1.807, 2.05) is 0 Å². The number of hydrogen-bond donors (Lipinski definition) is 2. The first-order chi connectivity index (χ1) is 5.61. The monoisotopic (exact) mass is 182 g/mol. The van der Waals surface area contributed by atoms with Gasteiger partial charge in [0.05, 0.1) is 10.5 Å². The molecule has 1 atom stereocenters. The van der Waals surface area contributed by atoms with E-state index in [9.17, 15) is 9.00 Å². The van der Waals surface area contributed by atoms with Crippen LogP contribution in [-0.2, 0) is 9.92 Å². The summed E-state index contributed by atoms with van der Waals surface area (Å²) in [7, 11) is -3.05. The highest BCUT2D eigenvalue weighted by atomic mass is 32.2. The van der Waals surface area contributed by atoms with Crippen molar-refractivity contribution in [3.8, 4) is 0 Å². The summed E-state index contributed by atoms with van der Waals surface area (Å²) < 4.78 is 20.8. The van der Waals surface area contributed by atoms with Crippen molar-refractivity contribution in [3.63, 3.8) is 0 Å². The van der Waals surface area contributed by atoms with Crippen molar-refractivity contribution in [1.29, 1.82) is 4.78 Å². The quantitative estimate of drug-likeness (QED) is 0.621. The maximum Gasteiger partial charge on any atom is 0.265 e. The van der Waals surface area contributed by atoms with E-state index in [4.69, 9.17) is 4.78 Å². The molecule has 0 aromatic heterocycles. The van der Waals surface area contributed by atoms with Crippen molar-refractivity contribution in [2.24, 2.45) is 0 Å². The van der Waals surface area contributed by atoms with Crippen molar-refractivity contribution < 1.29 is 9.00 Å². The second-order valence-electron chi connectivity index (χ2n) is 2.48. The zero-order valence-electron chi connectivity index (χ0n) is 6.03. The number of rotatable bonds is 0. The van der Waals surface area contributed by atoms with Crippen molar-refractivity contribution in [2.45, 2.75) is 4.90 Å². The maximum absolute atomic E-state index is 11.4. The van der Waals surface area contributed by atoms with Gasteiger partial charge in [0.2, 0.25) is 0 Å². The molecule has 2 N–H and O–H groups in total. The van der Waals surface area contributed by atoms with Crippen LogP contribution in [-0.4, -0.2) is 10.1 Å². The van der Waals surface area contributed by atoms with Crippen LogP contribution in [0.3, 0.4) is 0 Å². The smallest absolute Gasteiger partial charge is 0.265 e. The highest BCUT2D eigenvalue weighted by molar-refractivity contribution is 7.91. The molecule has 1 aromatic rings. The number of amides is 1. The molecular weight excluding hydrogens is 176 g/mol. The Morgan fingerprint density at radius 1 is 1.33 bits per heavy atom. The van der Waals surface area contributed by atoms with Gasteiger partial charge in [0.15, 0.2) is 9.92 Å². The van der Waals surface area contributed by atoms with E-state index in [0.717, 1.165) is 0 Å². The third kappa shape index (κ3) is 0.831. The Morgan fingerprint density at radius 3 is 2.67 bits per heavy atom. The summed E-state index contributed by atoms with van der Waals surface area (Å²) in [6.45, 7) is 0. The van der Waals surface area contributed by atoms with Crippen molar-refractivity contribution in [2.75, 3.05) is 0 Å². The third-order valence-electron chi connectivity index (χ3n) is 1.68. The molecule has 1 aliphatic heterocycles. The van der Waals surface area contributed by atoms with Crippen LogP contribution < -0.4 is 4.72 Å². The Labute approximate surface area is 69.7 Å². The lowest BCUT2D eigenvalue weighted by Gasteiger charge is -1.95. The molecule has 1 amide bonds. The molecule has 1 aromatic carbocycles. The van der Waals surface area contributed by atoms with Crippen LogP contribution in [0.4, 0.5) is 0 Å². The van der Waals surface area contributed by atoms with Gasteiger partial charge < -0.3 is 0 Å². The molecule has 0 radical (unpaired) electrons. The van der Waals surface area contributed by atoms with Crippen molar-refractivity contribution in [1.82, 2.24) is 4.72 Å². The van der Waals surface area contributed by atoms with Gasteiger partial charge in [0.25, 0.3) is 5.91 Å². The molecule has 1 aliphatic rings. The van der Waals surface area contributed by atoms with E-state index >= 15 is 0 Å². The first-order valence-electron chi connectivity index (χ1n) is 3.31. The number of fused-ring (bicyclic) bond motifs is 1. The Morgan fingerprint density at radius 2 is 2.00 bits per heavy atom. The van der Waals surface area contributed by atoms with Gasteiger partial charge in [0.1, 0.15) is 0 Å². The maximum atomic E-state index is 11.4. The predicted molar refractivity (Wildman–Crippen MR) is 43.0 cm³/mol. The van der Waals surface area contributed by atoms with Gasteiger partial charge in [-0.1, -0.05) is 12.1 Å². The molecule has 0 saturated heterocycles. The molecule has 1 heterocycles. The minimum Gasteiger partial charge on any atom is -0.268 e. The molecular formula is C7H6N2O2S. The zero-order valence-corrected chi connectivity index (χ0v) is 6.85. The Kier molecular flexibility index (Phi) is 1.26. The van der Waals surface area contributed by atoms with E-state index in [2.05, 4.69) is 4.72 Å². The summed E-state index contributed by atoms with van der Waals surface area (Å²) in [5.74, 6) is -0.425. The molecule has 62 valence electrons. The van der Waals surface area contributed by atoms with E-state index in [1.165, 1.54) is 6.07 Å². The first kappa shape index (κ1) is 7.30. The summed E-state index contributed by atoms with van der Waals surface area (Å²) in [5, 5.41) is 0. The van der Waals surface area contributed by atoms with Gasteiger partial charge >= 0.3 is 0 Å². The summed E-state index contributed by atoms with van der Waals surface area (Å²) in [4.78, 5) is 11.4. The van der Waals surface area contributed by atoms with E-state index in [0.29, 0.717) is 5.56 Å². The minimum absolute atomic E-state index is 0.287. The van der Waals surface area contributed by atoms with Gasteiger partial charge in [-0.15, -0.1) is 0 Å². The Balaban J connectivity index is 2.83. The second kappa shape index (κ2) is 2.07. The molecule has 5 heteroatoms. The van der Waals surface area contributed by atoms with E-state index < -0.39 is 15.8 Å². The number of nitrogens with one attached hydrogen (secondary N) is 2. The van der Waals surface area contributed by atoms with Crippen LogP contribution >= 0.6 is 0 Å². The largest absolute Gasteiger partial charge is 0.268 e. The number of benzene rings is 1. The zero-order chi connectivity index (χ0) is 8.77. The Hall–Kier alpha value is -1.36. The van der Waals surface area contributed by atoms with E-state index in [1.54, 1.807) is 18.2 Å². The summed E-state index contributed by atoms with van der Waals surface area (Å²) >= 11 is 0. The molecule has 2 rings (SSSR count). The predicted octanol–water partition coefficient (Wildman–Crippen LogP) is 0.751. The van der Waals surface area contributed by atoms with Crippen LogP contribution in [0.2, 0.25) is 0 Å². The van der Waals surface area contributed by atoms with Crippen LogP contribution in [0.25, 0.3) is 0 Å². The minimum atomic E-state index is -3.05. The SMILES string of the molecule is N=S1(=O)NC(=O)c2ccccc21. The standard InChI is InChI=1S/C7H6N2O2S/c8-12(11)6-4-2-1-3-5(6)7(10)9-12/h1-4H,(H2,8,9,10,11). The van der Waals surface area contributed by atoms with Gasteiger partial charge in [0, 0.05) is 0 Å². The third-order valence-corrected chi connectivity index (χ3v) is 3.13. The lowest BCUT2D eigenvalue weighted by molar-refractivity contribution is 0.0985. The van der Waals surface area contributed by atoms with Crippen molar-refractivity contribution in [3.05, 3.63) is 29.8 Å². The van der Waals surface area contributed by atoms with E-state index in [-0.39, 0.29) is 4.90 Å². The number of carbonyl (C=O) groups excluding carboxylic acids is 1. The van der Waals surface area contributed by atoms with Crippen molar-refractivity contribution >= 4 is 15.8 Å². The normalized spacial score (nSPS) is 26.5. The fourth-order valence-electron chi connectivity index (χ4n) is 1.15.